The smallest absolute Gasteiger partial charge is 0.0668 e. The lowest BCUT2D eigenvalue weighted by atomic mass is 10.1. The highest BCUT2D eigenvalue weighted by Gasteiger charge is 2.13. The van der Waals surface area contributed by atoms with Gasteiger partial charge in [-0.1, -0.05) is 0 Å². The molecule has 0 bridgehead atoms. The molecule has 0 aliphatic carbocycles. The van der Waals surface area contributed by atoms with Crippen LogP contribution in [0.4, 0.5) is 39.8 Å². The van der Waals surface area contributed by atoms with Crippen LogP contribution in [0, 0.1) is 6.92 Å². The van der Waals surface area contributed by atoms with Crippen molar-refractivity contribution < 1.29 is 0 Å². The number of hydrogen-bond acceptors (Lipinski definition) is 5. The standard InChI is InChI=1S/C29H37N5/c1-22-28(31-23-8-12-25(13-9-23)33-18-4-2-5-19-33)17-16-27(30)29(22)32-24-10-14-26(15-11-24)34-20-6-3-7-21-34/h8-17,31-32H,2-7,18-21,30H2,1H3. The van der Waals surface area contributed by atoms with Crippen molar-refractivity contribution in [2.45, 2.75) is 45.4 Å². The second-order valence-corrected chi connectivity index (χ2v) is 9.64. The van der Waals surface area contributed by atoms with Gasteiger partial charge >= 0.3 is 0 Å². The van der Waals surface area contributed by atoms with E-state index in [1.54, 1.807) is 0 Å². The van der Waals surface area contributed by atoms with E-state index in [-0.39, 0.29) is 0 Å². The van der Waals surface area contributed by atoms with E-state index in [1.165, 1.54) is 49.9 Å². The van der Waals surface area contributed by atoms with Crippen molar-refractivity contribution in [3.05, 3.63) is 66.2 Å². The third kappa shape index (κ3) is 5.09. The Hall–Kier alpha value is -3.34. The molecule has 2 saturated heterocycles. The van der Waals surface area contributed by atoms with Crippen molar-refractivity contribution in [2.24, 2.45) is 0 Å². The average Bonchev–Trinajstić information content (AvgIpc) is 2.90. The van der Waals surface area contributed by atoms with Crippen LogP contribution in [0.25, 0.3) is 0 Å². The number of nitrogens with one attached hydrogen (secondary N) is 2. The van der Waals surface area contributed by atoms with Crippen molar-refractivity contribution in [3.8, 4) is 0 Å². The molecule has 2 fully saturated rings. The van der Waals surface area contributed by atoms with E-state index < -0.39 is 0 Å². The lowest BCUT2D eigenvalue weighted by Gasteiger charge is -2.29. The molecule has 0 saturated carbocycles. The van der Waals surface area contributed by atoms with Crippen LogP contribution in [-0.4, -0.2) is 26.2 Å². The number of anilines is 7. The predicted octanol–water partition coefficient (Wildman–Crippen LogP) is 7.05. The Kier molecular flexibility index (Phi) is 6.79. The Balaban J connectivity index is 1.28. The fraction of sp³-hybridized carbons (Fsp3) is 0.379. The molecule has 0 radical (unpaired) electrons. The van der Waals surface area contributed by atoms with Crippen LogP contribution in [0.2, 0.25) is 0 Å². The van der Waals surface area contributed by atoms with Crippen molar-refractivity contribution in [2.75, 3.05) is 52.3 Å². The molecular weight excluding hydrogens is 418 g/mol. The number of nitrogens with zero attached hydrogens (tertiary/aromatic N) is 2. The highest BCUT2D eigenvalue weighted by molar-refractivity contribution is 5.83. The fourth-order valence-electron chi connectivity index (χ4n) is 5.15. The normalized spacial score (nSPS) is 16.4. The van der Waals surface area contributed by atoms with Gasteiger partial charge in [0.05, 0.1) is 11.4 Å². The number of nitrogens with two attached hydrogens (primary N) is 1. The molecule has 0 aromatic heterocycles. The summed E-state index contributed by atoms with van der Waals surface area (Å²) in [6, 6.07) is 21.6. The highest BCUT2D eigenvalue weighted by Crippen LogP contribution is 2.34. The lowest BCUT2D eigenvalue weighted by Crippen LogP contribution is -2.29. The van der Waals surface area contributed by atoms with Crippen LogP contribution in [0.3, 0.4) is 0 Å². The molecule has 4 N–H and O–H groups in total. The Bertz CT molecular complexity index is 1080. The Morgan fingerprint density at radius 1 is 0.588 bits per heavy atom. The van der Waals surface area contributed by atoms with Gasteiger partial charge in [-0.15, -0.1) is 0 Å². The first-order valence-electron chi connectivity index (χ1n) is 12.8. The summed E-state index contributed by atoms with van der Waals surface area (Å²) in [6.45, 7) is 6.76. The van der Waals surface area contributed by atoms with E-state index in [9.17, 15) is 0 Å². The molecule has 5 nitrogen and oxygen atoms in total. The molecule has 178 valence electrons. The maximum absolute atomic E-state index is 6.38. The summed E-state index contributed by atoms with van der Waals surface area (Å²) in [5.41, 5.74) is 15.0. The van der Waals surface area contributed by atoms with Gasteiger partial charge < -0.3 is 26.2 Å². The Morgan fingerprint density at radius 3 is 1.56 bits per heavy atom. The van der Waals surface area contributed by atoms with Gasteiger partial charge in [0.2, 0.25) is 0 Å². The van der Waals surface area contributed by atoms with Crippen LogP contribution in [-0.2, 0) is 0 Å². The van der Waals surface area contributed by atoms with E-state index in [0.717, 1.165) is 60.2 Å². The zero-order chi connectivity index (χ0) is 23.3. The van der Waals surface area contributed by atoms with Gasteiger partial charge in [0.25, 0.3) is 0 Å². The molecule has 5 heteroatoms. The second kappa shape index (κ2) is 10.3. The Morgan fingerprint density at radius 2 is 1.06 bits per heavy atom. The SMILES string of the molecule is Cc1c(Nc2ccc(N3CCCCC3)cc2)ccc(N)c1Nc1ccc(N2CCCCC2)cc1. The average molecular weight is 456 g/mol. The van der Waals surface area contributed by atoms with Gasteiger partial charge in [-0.25, -0.2) is 0 Å². The molecule has 2 aliphatic rings. The Labute approximate surface area is 204 Å². The van der Waals surface area contributed by atoms with Crippen LogP contribution in [0.1, 0.15) is 44.1 Å². The summed E-state index contributed by atoms with van der Waals surface area (Å²) in [5.74, 6) is 0. The highest BCUT2D eigenvalue weighted by atomic mass is 15.1. The molecule has 5 rings (SSSR count). The molecule has 2 heterocycles. The summed E-state index contributed by atoms with van der Waals surface area (Å²) in [5, 5.41) is 7.15. The molecule has 3 aromatic rings. The van der Waals surface area contributed by atoms with Crippen molar-refractivity contribution in [1.29, 1.82) is 0 Å². The van der Waals surface area contributed by atoms with Crippen LogP contribution in [0.5, 0.6) is 0 Å². The van der Waals surface area contributed by atoms with Crippen molar-refractivity contribution in [3.63, 3.8) is 0 Å². The van der Waals surface area contributed by atoms with Crippen molar-refractivity contribution >= 4 is 39.8 Å². The van der Waals surface area contributed by atoms with E-state index in [2.05, 4.69) is 82.0 Å². The van der Waals surface area contributed by atoms with E-state index in [0.29, 0.717) is 0 Å². The quantitative estimate of drug-likeness (QED) is 0.348. The first-order valence-corrected chi connectivity index (χ1v) is 12.8. The maximum Gasteiger partial charge on any atom is 0.0668 e. The first-order chi connectivity index (χ1) is 16.7. The third-order valence-corrected chi connectivity index (χ3v) is 7.22. The summed E-state index contributed by atoms with van der Waals surface area (Å²) in [6.07, 6.45) is 7.86. The summed E-state index contributed by atoms with van der Waals surface area (Å²) in [4.78, 5) is 4.97. The number of rotatable bonds is 6. The number of nitrogen functional groups attached to an aromatic ring is 1. The van der Waals surface area contributed by atoms with Crippen molar-refractivity contribution in [1.82, 2.24) is 0 Å². The molecule has 0 atom stereocenters. The van der Waals surface area contributed by atoms with E-state index >= 15 is 0 Å². The van der Waals surface area contributed by atoms with Gasteiger partial charge in [0.1, 0.15) is 0 Å². The second-order valence-electron chi connectivity index (χ2n) is 9.64. The largest absolute Gasteiger partial charge is 0.397 e. The zero-order valence-electron chi connectivity index (χ0n) is 20.3. The maximum atomic E-state index is 6.38. The summed E-state index contributed by atoms with van der Waals surface area (Å²) < 4.78 is 0. The topological polar surface area (TPSA) is 56.6 Å². The predicted molar refractivity (Wildman–Crippen MR) is 147 cm³/mol. The minimum atomic E-state index is 0.753. The van der Waals surface area contributed by atoms with Crippen LogP contribution in [0.15, 0.2) is 60.7 Å². The monoisotopic (exact) mass is 455 g/mol. The minimum absolute atomic E-state index is 0.753. The zero-order valence-corrected chi connectivity index (χ0v) is 20.3. The molecule has 0 spiro atoms. The van der Waals surface area contributed by atoms with Gasteiger partial charge in [-0.2, -0.15) is 0 Å². The number of hydrogen-bond donors (Lipinski definition) is 3. The molecule has 0 amide bonds. The molecular formula is C29H37N5. The molecule has 0 unspecified atom stereocenters. The van der Waals surface area contributed by atoms with Gasteiger partial charge in [-0.05, 0) is 112 Å². The molecule has 3 aromatic carbocycles. The first kappa shape index (κ1) is 22.5. The van der Waals surface area contributed by atoms with Crippen LogP contribution < -0.4 is 26.2 Å². The van der Waals surface area contributed by atoms with Gasteiger partial charge in [0, 0.05) is 54.6 Å². The number of benzene rings is 3. The third-order valence-electron chi connectivity index (χ3n) is 7.22. The summed E-state index contributed by atoms with van der Waals surface area (Å²) >= 11 is 0. The summed E-state index contributed by atoms with van der Waals surface area (Å²) in [7, 11) is 0. The van der Waals surface area contributed by atoms with Gasteiger partial charge in [0.15, 0.2) is 0 Å². The molecule has 34 heavy (non-hydrogen) atoms. The van der Waals surface area contributed by atoms with E-state index in [1.807, 2.05) is 6.07 Å². The fourth-order valence-corrected chi connectivity index (χ4v) is 5.15. The van der Waals surface area contributed by atoms with Gasteiger partial charge in [-0.3, -0.25) is 0 Å². The number of piperidine rings is 2. The molecule has 2 aliphatic heterocycles. The minimum Gasteiger partial charge on any atom is -0.397 e. The lowest BCUT2D eigenvalue weighted by molar-refractivity contribution is 0.578. The van der Waals surface area contributed by atoms with Crippen LogP contribution >= 0.6 is 0 Å². The van der Waals surface area contributed by atoms with E-state index in [4.69, 9.17) is 5.73 Å².